The summed E-state index contributed by atoms with van der Waals surface area (Å²) in [7, 11) is 1.45. The van der Waals surface area contributed by atoms with E-state index < -0.39 is 0 Å². The highest BCUT2D eigenvalue weighted by Crippen LogP contribution is 2.26. The lowest BCUT2D eigenvalue weighted by Crippen LogP contribution is -2.42. The van der Waals surface area contributed by atoms with Gasteiger partial charge in [0.25, 0.3) is 0 Å². The van der Waals surface area contributed by atoms with Crippen molar-refractivity contribution < 1.29 is 9.53 Å². The summed E-state index contributed by atoms with van der Waals surface area (Å²) in [6.45, 7) is 2.26. The molecule has 1 aromatic carbocycles. The number of nitrogens with one attached hydrogen (secondary N) is 1. The lowest BCUT2D eigenvalue weighted by atomic mass is 9.85. The van der Waals surface area contributed by atoms with E-state index in [1.807, 2.05) is 30.3 Å². The van der Waals surface area contributed by atoms with Gasteiger partial charge in [-0.2, -0.15) is 0 Å². The number of rotatable bonds is 4. The van der Waals surface area contributed by atoms with Gasteiger partial charge in [-0.05, 0) is 24.3 Å². The second-order valence-corrected chi connectivity index (χ2v) is 5.40. The van der Waals surface area contributed by atoms with Crippen molar-refractivity contribution in [1.82, 2.24) is 5.32 Å². The molecule has 1 aromatic rings. The molecule has 3 atom stereocenters. The summed E-state index contributed by atoms with van der Waals surface area (Å²) in [6.07, 6.45) is 4.92. The van der Waals surface area contributed by atoms with E-state index in [9.17, 15) is 4.79 Å². The van der Waals surface area contributed by atoms with Crippen molar-refractivity contribution in [3.63, 3.8) is 0 Å². The molecule has 19 heavy (non-hydrogen) atoms. The summed E-state index contributed by atoms with van der Waals surface area (Å²) >= 11 is 0. The van der Waals surface area contributed by atoms with Crippen LogP contribution in [0, 0.1) is 5.92 Å². The van der Waals surface area contributed by atoms with Crippen LogP contribution in [-0.4, -0.2) is 19.1 Å². The molecule has 0 aliphatic heterocycles. The van der Waals surface area contributed by atoms with Crippen LogP contribution < -0.4 is 5.32 Å². The highest BCUT2D eigenvalue weighted by atomic mass is 16.5. The van der Waals surface area contributed by atoms with Gasteiger partial charge in [0.2, 0.25) is 0 Å². The van der Waals surface area contributed by atoms with Crippen LogP contribution in [-0.2, 0) is 9.53 Å². The average Bonchev–Trinajstić information content (AvgIpc) is 2.46. The highest BCUT2D eigenvalue weighted by molar-refractivity contribution is 5.77. The first kappa shape index (κ1) is 14.1. The van der Waals surface area contributed by atoms with Gasteiger partial charge in [-0.15, -0.1) is 0 Å². The number of benzene rings is 1. The fourth-order valence-electron chi connectivity index (χ4n) is 2.84. The van der Waals surface area contributed by atoms with Crippen LogP contribution in [0.5, 0.6) is 0 Å². The molecule has 0 aromatic heterocycles. The maximum atomic E-state index is 12.0. The van der Waals surface area contributed by atoms with Crippen LogP contribution >= 0.6 is 0 Å². The second-order valence-electron chi connectivity index (χ2n) is 5.40. The highest BCUT2D eigenvalue weighted by Gasteiger charge is 2.28. The van der Waals surface area contributed by atoms with Gasteiger partial charge in [-0.3, -0.25) is 5.32 Å². The number of carbonyl (C=O) groups is 1. The number of hydrogen-bond donors (Lipinski definition) is 1. The minimum absolute atomic E-state index is 0.205. The monoisotopic (exact) mass is 261 g/mol. The van der Waals surface area contributed by atoms with E-state index in [1.165, 1.54) is 26.4 Å². The minimum Gasteiger partial charge on any atom is -0.468 e. The maximum absolute atomic E-state index is 12.0. The number of methoxy groups -OCH3 is 1. The van der Waals surface area contributed by atoms with Crippen molar-refractivity contribution in [2.24, 2.45) is 5.92 Å². The van der Waals surface area contributed by atoms with Crippen molar-refractivity contribution >= 4 is 5.97 Å². The zero-order valence-electron chi connectivity index (χ0n) is 11.8. The van der Waals surface area contributed by atoms with Gasteiger partial charge >= 0.3 is 5.97 Å². The molecule has 0 bridgehead atoms. The lowest BCUT2D eigenvalue weighted by Gasteiger charge is -2.32. The lowest BCUT2D eigenvalue weighted by molar-refractivity contribution is -0.143. The zero-order valence-corrected chi connectivity index (χ0v) is 11.8. The van der Waals surface area contributed by atoms with Crippen molar-refractivity contribution in [2.75, 3.05) is 7.11 Å². The topological polar surface area (TPSA) is 38.3 Å². The SMILES string of the molecule is COC(=O)[C@H](N[C@H]1CCCC[C@H]1C)c1ccccc1. The summed E-state index contributed by atoms with van der Waals surface area (Å²) in [5.74, 6) is 0.411. The first-order valence-corrected chi connectivity index (χ1v) is 7.11. The Morgan fingerprint density at radius 1 is 1.26 bits per heavy atom. The van der Waals surface area contributed by atoms with E-state index in [0.717, 1.165) is 12.0 Å². The molecule has 0 amide bonds. The molecule has 1 aliphatic rings. The van der Waals surface area contributed by atoms with Crippen LogP contribution in [0.15, 0.2) is 30.3 Å². The summed E-state index contributed by atoms with van der Waals surface area (Å²) in [5.41, 5.74) is 0.979. The number of esters is 1. The Balaban J connectivity index is 2.12. The third-order valence-corrected chi connectivity index (χ3v) is 4.06. The summed E-state index contributed by atoms with van der Waals surface area (Å²) < 4.78 is 4.94. The number of carbonyl (C=O) groups excluding carboxylic acids is 1. The Kier molecular flexibility index (Phi) is 4.97. The standard InChI is InChI=1S/C16H23NO2/c1-12-8-6-7-11-14(12)17-15(16(18)19-2)13-9-4-3-5-10-13/h3-5,9-10,12,14-15,17H,6-8,11H2,1-2H3/t12-,14+,15-/m1/s1. The van der Waals surface area contributed by atoms with Gasteiger partial charge in [0, 0.05) is 6.04 Å². The Morgan fingerprint density at radius 2 is 1.95 bits per heavy atom. The van der Waals surface area contributed by atoms with Crippen LogP contribution in [0.25, 0.3) is 0 Å². The average molecular weight is 261 g/mol. The van der Waals surface area contributed by atoms with Gasteiger partial charge in [0.05, 0.1) is 7.11 Å². The van der Waals surface area contributed by atoms with Gasteiger partial charge in [0.1, 0.15) is 6.04 Å². The zero-order chi connectivity index (χ0) is 13.7. The Hall–Kier alpha value is -1.35. The van der Waals surface area contributed by atoms with Crippen LogP contribution in [0.4, 0.5) is 0 Å². The predicted molar refractivity (Wildman–Crippen MR) is 75.8 cm³/mol. The second kappa shape index (κ2) is 6.71. The molecule has 1 aliphatic carbocycles. The molecule has 0 spiro atoms. The molecule has 3 nitrogen and oxygen atoms in total. The molecule has 1 saturated carbocycles. The van der Waals surface area contributed by atoms with E-state index >= 15 is 0 Å². The molecule has 0 heterocycles. The third kappa shape index (κ3) is 3.57. The van der Waals surface area contributed by atoms with Crippen molar-refractivity contribution in [2.45, 2.75) is 44.7 Å². The van der Waals surface area contributed by atoms with Gasteiger partial charge < -0.3 is 4.74 Å². The maximum Gasteiger partial charge on any atom is 0.327 e. The Morgan fingerprint density at radius 3 is 2.58 bits per heavy atom. The quantitative estimate of drug-likeness (QED) is 0.847. The molecule has 1 fully saturated rings. The Bertz CT molecular complexity index is 404. The molecule has 2 rings (SSSR count). The smallest absolute Gasteiger partial charge is 0.327 e. The van der Waals surface area contributed by atoms with Gasteiger partial charge in [0.15, 0.2) is 0 Å². The summed E-state index contributed by atoms with van der Waals surface area (Å²) in [4.78, 5) is 12.0. The van der Waals surface area contributed by atoms with Crippen LogP contribution in [0.3, 0.4) is 0 Å². The van der Waals surface area contributed by atoms with Crippen LogP contribution in [0.2, 0.25) is 0 Å². The molecule has 0 saturated heterocycles. The van der Waals surface area contributed by atoms with E-state index in [-0.39, 0.29) is 12.0 Å². The fraction of sp³-hybridized carbons (Fsp3) is 0.562. The first-order chi connectivity index (χ1) is 9.22. The van der Waals surface area contributed by atoms with E-state index in [2.05, 4.69) is 12.2 Å². The summed E-state index contributed by atoms with van der Waals surface area (Å²) in [5, 5.41) is 3.50. The number of hydrogen-bond acceptors (Lipinski definition) is 3. The van der Waals surface area contributed by atoms with E-state index in [0.29, 0.717) is 12.0 Å². The van der Waals surface area contributed by atoms with E-state index in [1.54, 1.807) is 0 Å². The Labute approximate surface area is 115 Å². The van der Waals surface area contributed by atoms with Crippen molar-refractivity contribution in [1.29, 1.82) is 0 Å². The fourth-order valence-corrected chi connectivity index (χ4v) is 2.84. The normalized spacial score (nSPS) is 24.7. The molecular formula is C16H23NO2. The molecule has 0 radical (unpaired) electrons. The molecule has 3 heteroatoms. The largest absolute Gasteiger partial charge is 0.468 e. The van der Waals surface area contributed by atoms with Gasteiger partial charge in [-0.25, -0.2) is 4.79 Å². The minimum atomic E-state index is -0.350. The predicted octanol–water partition coefficient (Wildman–Crippen LogP) is 3.07. The van der Waals surface area contributed by atoms with Crippen molar-refractivity contribution in [3.8, 4) is 0 Å². The molecule has 1 N–H and O–H groups in total. The molecular weight excluding hydrogens is 238 g/mol. The molecule has 104 valence electrons. The first-order valence-electron chi connectivity index (χ1n) is 7.11. The van der Waals surface area contributed by atoms with E-state index in [4.69, 9.17) is 4.74 Å². The van der Waals surface area contributed by atoms with Crippen LogP contribution in [0.1, 0.15) is 44.2 Å². The molecule has 0 unspecified atom stereocenters. The summed E-state index contributed by atoms with van der Waals surface area (Å²) in [6, 6.07) is 9.87. The number of ether oxygens (including phenoxy) is 1. The van der Waals surface area contributed by atoms with Gasteiger partial charge in [-0.1, -0.05) is 50.1 Å². The third-order valence-electron chi connectivity index (χ3n) is 4.06. The van der Waals surface area contributed by atoms with Crippen molar-refractivity contribution in [3.05, 3.63) is 35.9 Å².